The van der Waals surface area contributed by atoms with E-state index in [1.54, 1.807) is 19.2 Å². The molecule has 4 rings (SSSR count). The number of hydrogen-bond donors (Lipinski definition) is 5. The van der Waals surface area contributed by atoms with Crippen LogP contribution in [0.5, 0.6) is 0 Å². The number of pyridine rings is 1. The highest BCUT2D eigenvalue weighted by molar-refractivity contribution is 6.31. The van der Waals surface area contributed by atoms with Crippen molar-refractivity contribution in [3.8, 4) is 0 Å². The van der Waals surface area contributed by atoms with Crippen molar-refractivity contribution in [2.45, 2.75) is 19.5 Å². The van der Waals surface area contributed by atoms with Gasteiger partial charge in [-0.15, -0.1) is 0 Å². The molecule has 2 aromatic heterocycles. The first-order valence-corrected chi connectivity index (χ1v) is 10.2. The van der Waals surface area contributed by atoms with Crippen LogP contribution in [0.1, 0.15) is 23.7 Å². The van der Waals surface area contributed by atoms with Crippen LogP contribution in [-0.2, 0) is 0 Å². The minimum absolute atomic E-state index is 0.0665. The van der Waals surface area contributed by atoms with Crippen LogP contribution in [0.3, 0.4) is 0 Å². The molecule has 1 atom stereocenters. The molecule has 0 fully saturated rings. The fourth-order valence-corrected chi connectivity index (χ4v) is 3.51. The lowest BCUT2D eigenvalue weighted by Gasteiger charge is -2.15. The van der Waals surface area contributed by atoms with Gasteiger partial charge in [-0.3, -0.25) is 0 Å². The number of nitrogens with one attached hydrogen (secondary N) is 3. The topological polar surface area (TPSA) is 150 Å². The van der Waals surface area contributed by atoms with Gasteiger partial charge in [-0.2, -0.15) is 0 Å². The molecule has 0 radical (unpaired) electrons. The maximum absolute atomic E-state index is 13.6. The summed E-state index contributed by atoms with van der Waals surface area (Å²) in [5.74, 6) is -1.11. The van der Waals surface area contributed by atoms with Crippen LogP contribution in [0.2, 0.25) is 5.02 Å². The number of hydrogen-bond acceptors (Lipinski definition) is 8. The second-order valence-corrected chi connectivity index (χ2v) is 7.85. The molecule has 4 aromatic rings. The zero-order chi connectivity index (χ0) is 23.7. The highest BCUT2D eigenvalue weighted by Gasteiger charge is 2.15. The summed E-state index contributed by atoms with van der Waals surface area (Å²) in [5, 5.41) is 24.2. The summed E-state index contributed by atoms with van der Waals surface area (Å²) in [6.07, 6.45) is 1.34. The monoisotopic (exact) mass is 467 g/mol. The van der Waals surface area contributed by atoms with E-state index in [0.29, 0.717) is 45.4 Å². The summed E-state index contributed by atoms with van der Waals surface area (Å²) in [5.41, 5.74) is 7.81. The number of fused-ring (bicyclic) bond motifs is 3. The average Bonchev–Trinajstić information content (AvgIpc) is 2.75. The van der Waals surface area contributed by atoms with Gasteiger partial charge in [0.05, 0.1) is 22.3 Å². The molecule has 11 heteroatoms. The number of anilines is 3. The number of benzene rings is 2. The van der Waals surface area contributed by atoms with Crippen molar-refractivity contribution >= 4 is 62.5 Å². The predicted octanol–water partition coefficient (Wildman–Crippen LogP) is 4.54. The van der Waals surface area contributed by atoms with E-state index in [2.05, 4.69) is 25.6 Å². The van der Waals surface area contributed by atoms with Crippen LogP contribution in [0.15, 0.2) is 42.6 Å². The van der Waals surface area contributed by atoms with Gasteiger partial charge >= 0.3 is 5.97 Å². The van der Waals surface area contributed by atoms with Gasteiger partial charge in [-0.25, -0.2) is 24.1 Å². The number of aromatic nitrogens is 3. The molecule has 2 heterocycles. The first-order chi connectivity index (χ1) is 15.7. The Labute approximate surface area is 192 Å². The normalized spacial score (nSPS) is 12.0. The molecule has 0 aliphatic heterocycles. The second kappa shape index (κ2) is 8.93. The van der Waals surface area contributed by atoms with Gasteiger partial charge in [0.1, 0.15) is 11.3 Å². The quantitative estimate of drug-likeness (QED) is 0.151. The molecule has 33 heavy (non-hydrogen) atoms. The van der Waals surface area contributed by atoms with Crippen molar-refractivity contribution in [2.75, 3.05) is 10.6 Å². The molecule has 0 spiro atoms. The Balaban J connectivity index is 1.87. The largest absolute Gasteiger partial charge is 0.478 e. The van der Waals surface area contributed by atoms with Crippen LogP contribution < -0.4 is 16.4 Å². The number of nitrogens with zero attached hydrogens (tertiary/aromatic N) is 3. The Bertz CT molecular complexity index is 1410. The summed E-state index contributed by atoms with van der Waals surface area (Å²) < 4.78 is 13.6. The molecule has 1 unspecified atom stereocenters. The molecule has 0 aliphatic carbocycles. The second-order valence-electron chi connectivity index (χ2n) is 7.44. The van der Waals surface area contributed by atoms with Crippen molar-refractivity contribution in [1.29, 1.82) is 5.41 Å². The Hall–Kier alpha value is -3.89. The molecule has 0 saturated heterocycles. The zero-order valence-electron chi connectivity index (χ0n) is 17.4. The van der Waals surface area contributed by atoms with Gasteiger partial charge in [0.2, 0.25) is 5.95 Å². The molecular weight excluding hydrogens is 449 g/mol. The lowest BCUT2D eigenvalue weighted by molar-refractivity contribution is 0.0697. The molecule has 168 valence electrons. The van der Waals surface area contributed by atoms with Crippen LogP contribution in [0.4, 0.5) is 21.8 Å². The van der Waals surface area contributed by atoms with E-state index in [1.165, 1.54) is 30.3 Å². The Kier molecular flexibility index (Phi) is 6.03. The fourth-order valence-electron chi connectivity index (χ4n) is 3.33. The van der Waals surface area contributed by atoms with Gasteiger partial charge in [0.25, 0.3) is 0 Å². The third kappa shape index (κ3) is 4.81. The van der Waals surface area contributed by atoms with E-state index in [9.17, 15) is 14.3 Å². The van der Waals surface area contributed by atoms with E-state index in [-0.39, 0.29) is 16.5 Å². The van der Waals surface area contributed by atoms with Crippen molar-refractivity contribution in [3.05, 3.63) is 59.0 Å². The standard InChI is InChI=1S/C22H19ClFN7O2/c1-10(25)6-18(26)30-22-27-9-14-13-4-2-11(21(32)33)7-17(13)29-20(19(14)31-22)28-12-3-5-16(24)15(23)8-12/h2-5,7-9,18,25H,6,26H2,1H3,(H,28,29)(H,32,33)(H,27,30,31). The summed E-state index contributed by atoms with van der Waals surface area (Å²) in [4.78, 5) is 24.9. The summed E-state index contributed by atoms with van der Waals surface area (Å²) in [7, 11) is 0. The van der Waals surface area contributed by atoms with E-state index < -0.39 is 18.0 Å². The zero-order valence-corrected chi connectivity index (χ0v) is 18.1. The highest BCUT2D eigenvalue weighted by atomic mass is 35.5. The fraction of sp³-hybridized carbons (Fsp3) is 0.136. The lowest BCUT2D eigenvalue weighted by Crippen LogP contribution is -2.32. The summed E-state index contributed by atoms with van der Waals surface area (Å²) in [6, 6.07) is 8.70. The molecule has 0 bridgehead atoms. The van der Waals surface area contributed by atoms with Gasteiger partial charge in [0, 0.05) is 34.8 Å². The van der Waals surface area contributed by atoms with Gasteiger partial charge in [-0.1, -0.05) is 17.7 Å². The van der Waals surface area contributed by atoms with Crippen molar-refractivity contribution in [3.63, 3.8) is 0 Å². The number of carboxylic acids is 1. The molecule has 6 N–H and O–H groups in total. The van der Waals surface area contributed by atoms with Crippen molar-refractivity contribution in [2.24, 2.45) is 5.73 Å². The molecule has 0 aliphatic rings. The van der Waals surface area contributed by atoms with E-state index in [0.717, 1.165) is 0 Å². The van der Waals surface area contributed by atoms with Crippen LogP contribution in [-0.4, -0.2) is 37.9 Å². The first-order valence-electron chi connectivity index (χ1n) is 9.83. The average molecular weight is 468 g/mol. The molecule has 2 aromatic carbocycles. The van der Waals surface area contributed by atoms with Crippen molar-refractivity contribution < 1.29 is 14.3 Å². The van der Waals surface area contributed by atoms with Crippen LogP contribution in [0.25, 0.3) is 21.8 Å². The van der Waals surface area contributed by atoms with Crippen molar-refractivity contribution in [1.82, 2.24) is 15.0 Å². The number of rotatable bonds is 7. The smallest absolute Gasteiger partial charge is 0.335 e. The molecule has 9 nitrogen and oxygen atoms in total. The first kappa shape index (κ1) is 22.3. The number of aromatic carboxylic acids is 1. The molecule has 0 saturated carbocycles. The van der Waals surface area contributed by atoms with Gasteiger partial charge in [0.15, 0.2) is 5.82 Å². The van der Waals surface area contributed by atoms with Crippen LogP contribution in [0, 0.1) is 11.2 Å². The van der Waals surface area contributed by atoms with Gasteiger partial charge in [-0.05, 0) is 37.3 Å². The van der Waals surface area contributed by atoms with E-state index in [1.807, 2.05) is 0 Å². The number of nitrogens with two attached hydrogens (primary N) is 1. The predicted molar refractivity (Wildman–Crippen MR) is 126 cm³/mol. The molecule has 0 amide bonds. The third-order valence-corrected chi connectivity index (χ3v) is 5.09. The molecular formula is C22H19ClFN7O2. The number of halogens is 2. The maximum Gasteiger partial charge on any atom is 0.335 e. The number of carboxylic acid groups (broad SMARTS) is 1. The van der Waals surface area contributed by atoms with E-state index >= 15 is 0 Å². The van der Waals surface area contributed by atoms with E-state index in [4.69, 9.17) is 22.7 Å². The Morgan fingerprint density at radius 1 is 1.24 bits per heavy atom. The Morgan fingerprint density at radius 3 is 2.73 bits per heavy atom. The van der Waals surface area contributed by atoms with Crippen LogP contribution >= 0.6 is 11.6 Å². The number of carbonyl (C=O) groups is 1. The summed E-state index contributed by atoms with van der Waals surface area (Å²) in [6.45, 7) is 1.65. The highest BCUT2D eigenvalue weighted by Crippen LogP contribution is 2.31. The minimum atomic E-state index is -1.08. The lowest BCUT2D eigenvalue weighted by atomic mass is 10.1. The maximum atomic E-state index is 13.6. The van der Waals surface area contributed by atoms with Gasteiger partial charge < -0.3 is 26.9 Å². The summed E-state index contributed by atoms with van der Waals surface area (Å²) >= 11 is 5.91. The Morgan fingerprint density at radius 2 is 2.03 bits per heavy atom. The third-order valence-electron chi connectivity index (χ3n) is 4.80. The minimum Gasteiger partial charge on any atom is -0.478 e. The SMILES string of the molecule is CC(=N)CC(N)Nc1ncc2c(n1)c(Nc1ccc(F)c(Cl)c1)nc1cc(C(=O)O)ccc12.